The Kier molecular flexibility index (Phi) is 6.96. The number of H-pyrrole nitrogens is 1. The van der Waals surface area contributed by atoms with Crippen LogP contribution in [0.4, 0.5) is 26.3 Å². The molecule has 1 atom stereocenters. The van der Waals surface area contributed by atoms with Gasteiger partial charge in [-0.2, -0.15) is 31.4 Å². The number of benzene rings is 2. The number of halogens is 6. The summed E-state index contributed by atoms with van der Waals surface area (Å²) in [5.74, 6) is 0.564. The Morgan fingerprint density at radius 2 is 1.58 bits per heavy atom. The summed E-state index contributed by atoms with van der Waals surface area (Å²) < 4.78 is 83.6. The van der Waals surface area contributed by atoms with Gasteiger partial charge in [-0.3, -0.25) is 5.10 Å². The molecule has 1 heterocycles. The van der Waals surface area contributed by atoms with Crippen LogP contribution < -0.4 is 5.32 Å². The van der Waals surface area contributed by atoms with Gasteiger partial charge < -0.3 is 10.1 Å². The third-order valence-electron chi connectivity index (χ3n) is 4.38. The van der Waals surface area contributed by atoms with Crippen molar-refractivity contribution < 1.29 is 31.1 Å². The molecule has 0 saturated heterocycles. The Morgan fingerprint density at radius 3 is 2.13 bits per heavy atom. The Labute approximate surface area is 173 Å². The van der Waals surface area contributed by atoms with Crippen LogP contribution in [0, 0.1) is 0 Å². The lowest BCUT2D eigenvalue weighted by Gasteiger charge is -2.19. The first kappa shape index (κ1) is 22.8. The van der Waals surface area contributed by atoms with Crippen molar-refractivity contribution in [1.82, 2.24) is 20.5 Å². The van der Waals surface area contributed by atoms with Gasteiger partial charge in [-0.15, -0.1) is 0 Å². The Balaban J connectivity index is 1.72. The van der Waals surface area contributed by atoms with E-state index in [4.69, 9.17) is 4.74 Å². The van der Waals surface area contributed by atoms with Crippen LogP contribution >= 0.6 is 0 Å². The van der Waals surface area contributed by atoms with Gasteiger partial charge in [0.1, 0.15) is 12.2 Å². The standard InChI is InChI=1S/C20H18F6N4O/c21-19(22,23)15-6-13(7-16(8-15)20(24,25)26)10-31-11-17(14-4-2-1-3-5-14)27-9-18-28-12-29-30-18/h1-8,12,17,27H,9-11H2,(H,28,29,30)/t17-/m1/s1. The molecule has 1 aromatic heterocycles. The summed E-state index contributed by atoms with van der Waals surface area (Å²) in [7, 11) is 0. The summed E-state index contributed by atoms with van der Waals surface area (Å²) in [5.41, 5.74) is -2.13. The minimum Gasteiger partial charge on any atom is -0.375 e. The van der Waals surface area contributed by atoms with Crippen LogP contribution in [0.25, 0.3) is 0 Å². The normalized spacial score (nSPS) is 13.4. The number of alkyl halides is 6. The molecule has 0 aliphatic rings. The molecule has 3 aromatic rings. The minimum absolute atomic E-state index is 0.00967. The van der Waals surface area contributed by atoms with E-state index in [2.05, 4.69) is 20.5 Å². The van der Waals surface area contributed by atoms with E-state index in [9.17, 15) is 26.3 Å². The Hall–Kier alpha value is -2.92. The molecule has 0 aliphatic carbocycles. The van der Waals surface area contributed by atoms with Gasteiger partial charge in [0, 0.05) is 0 Å². The van der Waals surface area contributed by atoms with Crippen molar-refractivity contribution in [2.75, 3.05) is 6.61 Å². The molecule has 2 aromatic carbocycles. The zero-order chi connectivity index (χ0) is 22.5. The minimum atomic E-state index is -4.90. The molecule has 0 radical (unpaired) electrons. The predicted octanol–water partition coefficient (Wildman–Crippen LogP) is 4.89. The van der Waals surface area contributed by atoms with Gasteiger partial charge in [0.2, 0.25) is 0 Å². The van der Waals surface area contributed by atoms with Crippen LogP contribution in [0.5, 0.6) is 0 Å². The second-order valence-electron chi connectivity index (χ2n) is 6.71. The van der Waals surface area contributed by atoms with Crippen LogP contribution in [0.15, 0.2) is 54.9 Å². The fourth-order valence-electron chi connectivity index (χ4n) is 2.89. The maximum Gasteiger partial charge on any atom is 0.416 e. The quantitative estimate of drug-likeness (QED) is 0.486. The summed E-state index contributed by atoms with van der Waals surface area (Å²) in [6.07, 6.45) is -8.46. The molecule has 0 bridgehead atoms. The highest BCUT2D eigenvalue weighted by molar-refractivity contribution is 5.33. The van der Waals surface area contributed by atoms with Gasteiger partial charge in [0.15, 0.2) is 0 Å². The molecule has 166 valence electrons. The maximum atomic E-state index is 13.0. The van der Waals surface area contributed by atoms with Crippen LogP contribution in [0.3, 0.4) is 0 Å². The smallest absolute Gasteiger partial charge is 0.375 e. The van der Waals surface area contributed by atoms with Crippen LogP contribution in [-0.2, 0) is 30.2 Å². The van der Waals surface area contributed by atoms with Crippen molar-refractivity contribution in [2.45, 2.75) is 31.5 Å². The third-order valence-corrected chi connectivity index (χ3v) is 4.38. The van der Waals surface area contributed by atoms with Gasteiger partial charge >= 0.3 is 12.4 Å². The Morgan fingerprint density at radius 1 is 0.935 bits per heavy atom. The van der Waals surface area contributed by atoms with Crippen LogP contribution in [-0.4, -0.2) is 21.8 Å². The summed E-state index contributed by atoms with van der Waals surface area (Å²) in [5, 5.41) is 9.61. The van der Waals surface area contributed by atoms with Crippen molar-refractivity contribution in [3.8, 4) is 0 Å². The predicted molar refractivity (Wildman–Crippen MR) is 98.5 cm³/mol. The molecule has 3 rings (SSSR count). The summed E-state index contributed by atoms with van der Waals surface area (Å²) in [6, 6.07) is 10.1. The second kappa shape index (κ2) is 9.48. The van der Waals surface area contributed by atoms with Gasteiger partial charge in [-0.1, -0.05) is 30.3 Å². The molecule has 0 aliphatic heterocycles. The van der Waals surface area contributed by atoms with Crippen LogP contribution in [0.2, 0.25) is 0 Å². The molecule has 11 heteroatoms. The number of aromatic nitrogens is 3. The fraction of sp³-hybridized carbons (Fsp3) is 0.300. The van der Waals surface area contributed by atoms with E-state index in [0.717, 1.165) is 5.56 Å². The summed E-state index contributed by atoms with van der Waals surface area (Å²) in [6.45, 7) is -0.0965. The summed E-state index contributed by atoms with van der Waals surface area (Å²) in [4.78, 5) is 3.99. The molecule has 0 fully saturated rings. The highest BCUT2D eigenvalue weighted by Crippen LogP contribution is 2.36. The van der Waals surface area contributed by atoms with E-state index in [1.807, 2.05) is 18.2 Å². The SMILES string of the molecule is FC(F)(F)c1cc(COC[C@@H](NCc2ncn[nH]2)c2ccccc2)cc(C(F)(F)F)c1. The largest absolute Gasteiger partial charge is 0.416 e. The van der Waals surface area contributed by atoms with Crippen molar-refractivity contribution >= 4 is 0 Å². The van der Waals surface area contributed by atoms with E-state index in [-0.39, 0.29) is 24.3 Å². The highest BCUT2D eigenvalue weighted by atomic mass is 19.4. The van der Waals surface area contributed by atoms with E-state index in [0.29, 0.717) is 24.5 Å². The average molecular weight is 444 g/mol. The first-order valence-electron chi connectivity index (χ1n) is 9.11. The molecule has 0 unspecified atom stereocenters. The van der Waals surface area contributed by atoms with Crippen molar-refractivity contribution in [1.29, 1.82) is 0 Å². The lowest BCUT2D eigenvalue weighted by atomic mass is 10.0. The van der Waals surface area contributed by atoms with E-state index in [1.54, 1.807) is 12.1 Å². The lowest BCUT2D eigenvalue weighted by molar-refractivity contribution is -0.143. The average Bonchev–Trinajstić information content (AvgIpc) is 3.23. The van der Waals surface area contributed by atoms with E-state index < -0.39 is 30.1 Å². The number of hydrogen-bond donors (Lipinski definition) is 2. The Bertz CT molecular complexity index is 926. The zero-order valence-electron chi connectivity index (χ0n) is 16.0. The first-order valence-corrected chi connectivity index (χ1v) is 9.11. The van der Waals surface area contributed by atoms with Gasteiger partial charge in [0.05, 0.1) is 36.9 Å². The molecule has 5 nitrogen and oxygen atoms in total. The molecule has 31 heavy (non-hydrogen) atoms. The van der Waals surface area contributed by atoms with Gasteiger partial charge in [-0.05, 0) is 29.3 Å². The highest BCUT2D eigenvalue weighted by Gasteiger charge is 2.36. The molecule has 0 saturated carbocycles. The second-order valence-corrected chi connectivity index (χ2v) is 6.71. The van der Waals surface area contributed by atoms with Crippen molar-refractivity contribution in [3.63, 3.8) is 0 Å². The van der Waals surface area contributed by atoms with Crippen molar-refractivity contribution in [2.24, 2.45) is 0 Å². The topological polar surface area (TPSA) is 62.8 Å². The number of aromatic amines is 1. The van der Waals surface area contributed by atoms with Crippen LogP contribution in [0.1, 0.15) is 34.1 Å². The number of nitrogens with one attached hydrogen (secondary N) is 2. The zero-order valence-corrected chi connectivity index (χ0v) is 16.0. The molecule has 2 N–H and O–H groups in total. The molecule has 0 amide bonds. The number of hydrogen-bond acceptors (Lipinski definition) is 4. The lowest BCUT2D eigenvalue weighted by Crippen LogP contribution is -2.26. The summed E-state index contributed by atoms with van der Waals surface area (Å²) >= 11 is 0. The molecular weight excluding hydrogens is 426 g/mol. The monoisotopic (exact) mass is 444 g/mol. The van der Waals surface area contributed by atoms with E-state index >= 15 is 0 Å². The molecular formula is C20H18F6N4O. The first-order chi connectivity index (χ1) is 14.6. The number of nitrogens with zero attached hydrogens (tertiary/aromatic N) is 2. The number of ether oxygens (including phenoxy) is 1. The van der Waals surface area contributed by atoms with Gasteiger partial charge in [-0.25, -0.2) is 4.98 Å². The van der Waals surface area contributed by atoms with E-state index in [1.165, 1.54) is 6.33 Å². The van der Waals surface area contributed by atoms with Crippen molar-refractivity contribution in [3.05, 3.63) is 82.9 Å². The number of rotatable bonds is 8. The molecule has 0 spiro atoms. The third kappa shape index (κ3) is 6.53. The maximum absolute atomic E-state index is 13.0. The van der Waals surface area contributed by atoms with Gasteiger partial charge in [0.25, 0.3) is 0 Å². The fourth-order valence-corrected chi connectivity index (χ4v) is 2.89.